The molecule has 0 atom stereocenters. The summed E-state index contributed by atoms with van der Waals surface area (Å²) in [6.07, 6.45) is 8.59. The Kier molecular flexibility index (Phi) is 5.82. The van der Waals surface area contributed by atoms with Gasteiger partial charge in [-0.05, 0) is 55.6 Å². The maximum Gasteiger partial charge on any atom is 0.127 e. The molecule has 0 aliphatic carbocycles. The average molecular weight is 494 g/mol. The molecule has 0 bridgehead atoms. The highest BCUT2D eigenvalue weighted by molar-refractivity contribution is 6.01. The molecule has 6 rings (SSSR count). The summed E-state index contributed by atoms with van der Waals surface area (Å²) in [5.74, 6) is 0.126. The van der Waals surface area contributed by atoms with Gasteiger partial charge in [-0.3, -0.25) is 10.1 Å². The summed E-state index contributed by atoms with van der Waals surface area (Å²) in [6.45, 7) is 1.21. The molecule has 2 N–H and O–H groups in total. The maximum atomic E-state index is 14.5. The van der Waals surface area contributed by atoms with Gasteiger partial charge in [-0.1, -0.05) is 6.07 Å². The minimum absolute atomic E-state index is 0.360. The second kappa shape index (κ2) is 9.44. The van der Waals surface area contributed by atoms with Crippen molar-refractivity contribution in [3.05, 3.63) is 79.4 Å². The molecule has 4 heterocycles. The van der Waals surface area contributed by atoms with Crippen LogP contribution in [-0.4, -0.2) is 62.3 Å². The van der Waals surface area contributed by atoms with Gasteiger partial charge in [0, 0.05) is 53.1 Å². The van der Waals surface area contributed by atoms with Gasteiger partial charge in [-0.2, -0.15) is 5.10 Å². The predicted molar refractivity (Wildman–Crippen MR) is 142 cm³/mol. The number of likely N-dealkylation sites (N-methyl/N-ethyl adjacent to an activating group) is 1. The van der Waals surface area contributed by atoms with E-state index in [2.05, 4.69) is 36.2 Å². The number of hydrogen-bond donors (Lipinski definition) is 2. The van der Waals surface area contributed by atoms with E-state index >= 15 is 0 Å². The lowest BCUT2D eigenvalue weighted by molar-refractivity contribution is 0.260. The Labute approximate surface area is 212 Å². The monoisotopic (exact) mass is 493 g/mol. The number of benzene rings is 2. The zero-order valence-electron chi connectivity index (χ0n) is 20.4. The third-order valence-electron chi connectivity index (χ3n) is 6.25. The van der Waals surface area contributed by atoms with Crippen molar-refractivity contribution in [1.82, 2.24) is 35.0 Å². The first-order chi connectivity index (χ1) is 18.0. The van der Waals surface area contributed by atoms with Crippen molar-refractivity contribution in [2.24, 2.45) is 0 Å². The van der Waals surface area contributed by atoms with Gasteiger partial charge in [0.15, 0.2) is 0 Å². The molecule has 0 aliphatic heterocycles. The third kappa shape index (κ3) is 4.52. The molecule has 2 aromatic carbocycles. The van der Waals surface area contributed by atoms with E-state index in [1.807, 2.05) is 43.3 Å². The number of fused-ring (bicyclic) bond motifs is 2. The Balaban J connectivity index is 1.41. The highest BCUT2D eigenvalue weighted by atomic mass is 19.1. The molecule has 0 saturated heterocycles. The molecular formula is C28H24FN7O. The van der Waals surface area contributed by atoms with Crippen molar-refractivity contribution in [2.75, 3.05) is 27.2 Å². The molecule has 8 nitrogen and oxygen atoms in total. The molecule has 0 spiro atoms. The van der Waals surface area contributed by atoms with Crippen LogP contribution in [0.15, 0.2) is 73.6 Å². The van der Waals surface area contributed by atoms with Gasteiger partial charge in [0.05, 0.1) is 22.9 Å². The normalized spacial score (nSPS) is 11.6. The first kappa shape index (κ1) is 22.8. The summed E-state index contributed by atoms with van der Waals surface area (Å²) < 4.78 is 20.3. The van der Waals surface area contributed by atoms with Crippen molar-refractivity contribution >= 4 is 21.8 Å². The van der Waals surface area contributed by atoms with Crippen LogP contribution in [0.5, 0.6) is 5.75 Å². The molecular weight excluding hydrogens is 469 g/mol. The zero-order valence-corrected chi connectivity index (χ0v) is 20.4. The first-order valence-electron chi connectivity index (χ1n) is 11.8. The van der Waals surface area contributed by atoms with Gasteiger partial charge in [0.2, 0.25) is 0 Å². The largest absolute Gasteiger partial charge is 0.492 e. The standard InChI is InChI=1S/C28H24FN7O/c1-36(2)5-6-37-21-8-18(7-20(29)10-21)24-14-30-15-27-22(24)11-26(33-27)28-23-9-17(3-4-25(23)34-35-28)19-12-31-16-32-13-19/h3-4,7-16,33H,5-6H2,1-2H3,(H,34,35). The molecule has 0 radical (unpaired) electrons. The maximum absolute atomic E-state index is 14.5. The average Bonchev–Trinajstić information content (AvgIpc) is 3.52. The van der Waals surface area contributed by atoms with Gasteiger partial charge < -0.3 is 14.6 Å². The lowest BCUT2D eigenvalue weighted by Gasteiger charge is -2.12. The van der Waals surface area contributed by atoms with Crippen molar-refractivity contribution in [1.29, 1.82) is 0 Å². The van der Waals surface area contributed by atoms with Crippen molar-refractivity contribution in [2.45, 2.75) is 0 Å². The molecule has 0 amide bonds. The molecule has 6 aromatic rings. The summed E-state index contributed by atoms with van der Waals surface area (Å²) in [4.78, 5) is 18.1. The predicted octanol–water partition coefficient (Wildman–Crippen LogP) is 5.31. The number of nitrogens with one attached hydrogen (secondary N) is 2. The zero-order chi connectivity index (χ0) is 25.4. The van der Waals surface area contributed by atoms with Gasteiger partial charge in [-0.15, -0.1) is 0 Å². The Bertz CT molecular complexity index is 1710. The van der Waals surface area contributed by atoms with Crippen LogP contribution in [0.1, 0.15) is 0 Å². The summed E-state index contributed by atoms with van der Waals surface area (Å²) in [5.41, 5.74) is 6.78. The molecule has 0 saturated carbocycles. The molecule has 0 unspecified atom stereocenters. The van der Waals surface area contributed by atoms with Gasteiger partial charge >= 0.3 is 0 Å². The van der Waals surface area contributed by atoms with E-state index < -0.39 is 0 Å². The number of hydrogen-bond acceptors (Lipinski definition) is 6. The summed E-state index contributed by atoms with van der Waals surface area (Å²) in [5, 5.41) is 9.57. The van der Waals surface area contributed by atoms with Crippen LogP contribution in [0.4, 0.5) is 4.39 Å². The fraction of sp³-hybridized carbons (Fsp3) is 0.143. The van der Waals surface area contributed by atoms with Crippen LogP contribution in [0.3, 0.4) is 0 Å². The molecule has 0 fully saturated rings. The molecule has 4 aromatic heterocycles. The Morgan fingerprint density at radius 3 is 2.54 bits per heavy atom. The summed E-state index contributed by atoms with van der Waals surface area (Å²) >= 11 is 0. The summed E-state index contributed by atoms with van der Waals surface area (Å²) in [6, 6.07) is 12.9. The van der Waals surface area contributed by atoms with Gasteiger partial charge in [0.1, 0.15) is 30.2 Å². The van der Waals surface area contributed by atoms with Crippen LogP contribution in [0.2, 0.25) is 0 Å². The van der Waals surface area contributed by atoms with Crippen LogP contribution in [0, 0.1) is 5.82 Å². The smallest absolute Gasteiger partial charge is 0.127 e. The minimum Gasteiger partial charge on any atom is -0.492 e. The van der Waals surface area contributed by atoms with Crippen LogP contribution >= 0.6 is 0 Å². The number of pyridine rings is 1. The number of aromatic nitrogens is 6. The Hall–Kier alpha value is -4.63. The summed E-state index contributed by atoms with van der Waals surface area (Å²) in [7, 11) is 3.94. The van der Waals surface area contributed by atoms with Gasteiger partial charge in [0.25, 0.3) is 0 Å². The number of nitrogens with zero attached hydrogens (tertiary/aromatic N) is 5. The van der Waals surface area contributed by atoms with Crippen molar-refractivity contribution < 1.29 is 9.13 Å². The van der Waals surface area contributed by atoms with Crippen molar-refractivity contribution in [3.8, 4) is 39.4 Å². The van der Waals surface area contributed by atoms with Gasteiger partial charge in [-0.25, -0.2) is 14.4 Å². The number of ether oxygens (including phenoxy) is 1. The van der Waals surface area contributed by atoms with E-state index in [0.717, 1.165) is 56.4 Å². The number of H-pyrrole nitrogens is 2. The molecule has 0 aliphatic rings. The highest BCUT2D eigenvalue weighted by Gasteiger charge is 2.16. The number of halogens is 1. The van der Waals surface area contributed by atoms with E-state index in [1.165, 1.54) is 18.5 Å². The fourth-order valence-corrected chi connectivity index (χ4v) is 4.40. The van der Waals surface area contributed by atoms with E-state index in [1.54, 1.807) is 24.8 Å². The Morgan fingerprint density at radius 2 is 1.70 bits per heavy atom. The lowest BCUT2D eigenvalue weighted by atomic mass is 10.0. The van der Waals surface area contributed by atoms with E-state index in [9.17, 15) is 4.39 Å². The molecule has 37 heavy (non-hydrogen) atoms. The molecule has 184 valence electrons. The minimum atomic E-state index is -0.360. The van der Waals surface area contributed by atoms with Crippen LogP contribution in [0.25, 0.3) is 55.4 Å². The SMILES string of the molecule is CN(C)CCOc1cc(F)cc(-c2cncc3[nH]c(-c4n[nH]c5ccc(-c6cncnc6)cc45)cc23)c1. The molecule has 9 heteroatoms. The highest BCUT2D eigenvalue weighted by Crippen LogP contribution is 2.35. The second-order valence-electron chi connectivity index (χ2n) is 9.12. The topological polar surface area (TPSA) is 95.6 Å². The Morgan fingerprint density at radius 1 is 0.838 bits per heavy atom. The quantitative estimate of drug-likeness (QED) is 0.313. The third-order valence-corrected chi connectivity index (χ3v) is 6.25. The lowest BCUT2D eigenvalue weighted by Crippen LogP contribution is -2.19. The first-order valence-corrected chi connectivity index (χ1v) is 11.8. The van der Waals surface area contributed by atoms with Crippen LogP contribution in [-0.2, 0) is 0 Å². The van der Waals surface area contributed by atoms with E-state index in [-0.39, 0.29) is 5.82 Å². The van der Waals surface area contributed by atoms with E-state index in [0.29, 0.717) is 17.9 Å². The van der Waals surface area contributed by atoms with Crippen molar-refractivity contribution in [3.63, 3.8) is 0 Å². The van der Waals surface area contributed by atoms with E-state index in [4.69, 9.17) is 4.74 Å². The second-order valence-corrected chi connectivity index (χ2v) is 9.12. The number of aromatic amines is 2. The fourth-order valence-electron chi connectivity index (χ4n) is 4.40. The van der Waals surface area contributed by atoms with Crippen LogP contribution < -0.4 is 4.74 Å². The number of rotatable bonds is 7.